The zero-order valence-electron chi connectivity index (χ0n) is 17.0. The number of carbonyl (C=O) groups is 1. The number of hydrogen-bond donors (Lipinski definition) is 0. The molecule has 3 aromatic carbocycles. The summed E-state index contributed by atoms with van der Waals surface area (Å²) in [6.07, 6.45) is 0. The van der Waals surface area contributed by atoms with Gasteiger partial charge >= 0.3 is 0 Å². The molecule has 1 aliphatic heterocycles. The number of aryl methyl sites for hydroxylation is 1. The van der Waals surface area contributed by atoms with Crippen LogP contribution in [0.5, 0.6) is 0 Å². The summed E-state index contributed by atoms with van der Waals surface area (Å²) in [4.78, 5) is 14.9. The Morgan fingerprint density at radius 2 is 1.67 bits per heavy atom. The molecule has 1 heterocycles. The minimum absolute atomic E-state index is 0.169. The van der Waals surface area contributed by atoms with Crippen LogP contribution in [0.1, 0.15) is 15.9 Å². The lowest BCUT2D eigenvalue weighted by atomic mass is 10.1. The third-order valence-electron chi connectivity index (χ3n) is 5.45. The van der Waals surface area contributed by atoms with Gasteiger partial charge in [-0.05, 0) is 47.5 Å². The molecule has 0 N–H and O–H groups in total. The SMILES string of the molecule is Cc1ccc(C(=O)N(C)c2ccc3ccccc3c2)cc1S(=O)(=O)N1CCOCC1. The number of hydrogen-bond acceptors (Lipinski definition) is 4. The Balaban J connectivity index is 1.66. The van der Waals surface area contributed by atoms with Gasteiger partial charge in [0.1, 0.15) is 0 Å². The Bertz CT molecular complexity index is 1200. The quantitative estimate of drug-likeness (QED) is 0.643. The van der Waals surface area contributed by atoms with Crippen LogP contribution in [0, 0.1) is 6.92 Å². The van der Waals surface area contributed by atoms with Crippen LogP contribution in [-0.2, 0) is 14.8 Å². The molecule has 6 nitrogen and oxygen atoms in total. The molecule has 0 atom stereocenters. The second kappa shape index (κ2) is 8.18. The molecule has 1 fully saturated rings. The Morgan fingerprint density at radius 3 is 2.40 bits per heavy atom. The zero-order valence-corrected chi connectivity index (χ0v) is 17.9. The van der Waals surface area contributed by atoms with E-state index in [1.165, 1.54) is 10.4 Å². The second-order valence-corrected chi connectivity index (χ2v) is 9.30. The van der Waals surface area contributed by atoms with E-state index in [0.717, 1.165) is 16.5 Å². The number of sulfonamides is 1. The van der Waals surface area contributed by atoms with E-state index in [1.807, 2.05) is 42.5 Å². The largest absolute Gasteiger partial charge is 0.379 e. The first-order valence-electron chi connectivity index (χ1n) is 9.83. The summed E-state index contributed by atoms with van der Waals surface area (Å²) in [5.41, 5.74) is 1.70. The molecule has 156 valence electrons. The number of anilines is 1. The molecule has 30 heavy (non-hydrogen) atoms. The Hall–Kier alpha value is -2.74. The highest BCUT2D eigenvalue weighted by molar-refractivity contribution is 7.89. The molecule has 0 radical (unpaired) electrons. The lowest BCUT2D eigenvalue weighted by Gasteiger charge is -2.27. The third kappa shape index (κ3) is 3.84. The summed E-state index contributed by atoms with van der Waals surface area (Å²) in [6.45, 7) is 3.13. The fourth-order valence-electron chi connectivity index (χ4n) is 3.63. The lowest BCUT2D eigenvalue weighted by molar-refractivity contribution is 0.0730. The number of fused-ring (bicyclic) bond motifs is 1. The van der Waals surface area contributed by atoms with Crippen molar-refractivity contribution in [2.75, 3.05) is 38.3 Å². The number of morpholine rings is 1. The fourth-order valence-corrected chi connectivity index (χ4v) is 5.29. The number of nitrogens with zero attached hydrogens (tertiary/aromatic N) is 2. The van der Waals surface area contributed by atoms with Gasteiger partial charge in [0.05, 0.1) is 18.1 Å². The van der Waals surface area contributed by atoms with E-state index in [-0.39, 0.29) is 10.8 Å². The van der Waals surface area contributed by atoms with E-state index in [0.29, 0.717) is 37.4 Å². The molecule has 7 heteroatoms. The summed E-state index contributed by atoms with van der Waals surface area (Å²) in [6, 6.07) is 18.6. The first-order valence-corrected chi connectivity index (χ1v) is 11.3. The number of ether oxygens (including phenoxy) is 1. The fraction of sp³-hybridized carbons (Fsp3) is 0.261. The van der Waals surface area contributed by atoms with Crippen molar-refractivity contribution in [2.45, 2.75) is 11.8 Å². The van der Waals surface area contributed by atoms with Crippen LogP contribution in [0.4, 0.5) is 5.69 Å². The van der Waals surface area contributed by atoms with Crippen LogP contribution >= 0.6 is 0 Å². The zero-order chi connectivity index (χ0) is 21.3. The standard InChI is InChI=1S/C23H24N2O4S/c1-17-7-8-20(16-22(17)30(27,28)25-11-13-29-14-12-25)23(26)24(2)21-10-9-18-5-3-4-6-19(18)15-21/h3-10,15-16H,11-14H2,1-2H3. The van der Waals surface area contributed by atoms with Gasteiger partial charge in [0.25, 0.3) is 5.91 Å². The van der Waals surface area contributed by atoms with Gasteiger partial charge in [0, 0.05) is 31.4 Å². The molecular formula is C23H24N2O4S. The highest BCUT2D eigenvalue weighted by Crippen LogP contribution is 2.26. The molecule has 4 rings (SSSR count). The molecule has 1 saturated heterocycles. The van der Waals surface area contributed by atoms with Crippen LogP contribution in [-0.4, -0.2) is 52.0 Å². The van der Waals surface area contributed by atoms with E-state index in [1.54, 1.807) is 31.0 Å². The number of rotatable bonds is 4. The van der Waals surface area contributed by atoms with Crippen LogP contribution in [0.3, 0.4) is 0 Å². The van der Waals surface area contributed by atoms with Crippen molar-refractivity contribution in [3.63, 3.8) is 0 Å². The van der Waals surface area contributed by atoms with E-state index in [9.17, 15) is 13.2 Å². The first kappa shape index (κ1) is 20.5. The molecule has 0 saturated carbocycles. The normalized spacial score (nSPS) is 15.3. The minimum atomic E-state index is -3.69. The monoisotopic (exact) mass is 424 g/mol. The molecule has 0 aliphatic carbocycles. The first-order chi connectivity index (χ1) is 14.4. The van der Waals surface area contributed by atoms with Crippen molar-refractivity contribution in [1.82, 2.24) is 4.31 Å². The molecule has 1 aliphatic rings. The van der Waals surface area contributed by atoms with Gasteiger partial charge in [-0.3, -0.25) is 4.79 Å². The van der Waals surface area contributed by atoms with Gasteiger partial charge in [0.15, 0.2) is 0 Å². The molecule has 0 bridgehead atoms. The van der Waals surface area contributed by atoms with Crippen molar-refractivity contribution in [1.29, 1.82) is 0 Å². The van der Waals surface area contributed by atoms with Crippen molar-refractivity contribution >= 4 is 32.4 Å². The number of carbonyl (C=O) groups excluding carboxylic acids is 1. The summed E-state index contributed by atoms with van der Waals surface area (Å²) < 4.78 is 32.9. The van der Waals surface area contributed by atoms with Crippen LogP contribution in [0.2, 0.25) is 0 Å². The average molecular weight is 425 g/mol. The molecule has 3 aromatic rings. The van der Waals surface area contributed by atoms with Crippen molar-refractivity contribution < 1.29 is 17.9 Å². The van der Waals surface area contributed by atoms with Gasteiger partial charge < -0.3 is 9.64 Å². The van der Waals surface area contributed by atoms with E-state index in [4.69, 9.17) is 4.74 Å². The molecule has 1 amide bonds. The molecule has 0 unspecified atom stereocenters. The van der Waals surface area contributed by atoms with E-state index in [2.05, 4.69) is 0 Å². The Morgan fingerprint density at radius 1 is 0.967 bits per heavy atom. The van der Waals surface area contributed by atoms with E-state index < -0.39 is 10.0 Å². The summed E-state index contributed by atoms with van der Waals surface area (Å²) in [7, 11) is -1.99. The van der Waals surface area contributed by atoms with Gasteiger partial charge in [-0.15, -0.1) is 0 Å². The summed E-state index contributed by atoms with van der Waals surface area (Å²) >= 11 is 0. The van der Waals surface area contributed by atoms with Gasteiger partial charge in [0.2, 0.25) is 10.0 Å². The lowest BCUT2D eigenvalue weighted by Crippen LogP contribution is -2.41. The third-order valence-corrected chi connectivity index (χ3v) is 7.49. The predicted molar refractivity (Wildman–Crippen MR) is 117 cm³/mol. The maximum atomic E-state index is 13.1. The second-order valence-electron chi connectivity index (χ2n) is 7.39. The highest BCUT2D eigenvalue weighted by Gasteiger charge is 2.29. The number of amides is 1. The predicted octanol–water partition coefficient (Wildman–Crippen LogP) is 3.45. The van der Waals surface area contributed by atoms with Crippen LogP contribution < -0.4 is 4.90 Å². The number of benzene rings is 3. The van der Waals surface area contributed by atoms with Crippen molar-refractivity contribution in [3.05, 3.63) is 71.8 Å². The Kier molecular flexibility index (Phi) is 5.60. The molecular weight excluding hydrogens is 400 g/mol. The summed E-state index contributed by atoms with van der Waals surface area (Å²) in [5.74, 6) is -0.260. The van der Waals surface area contributed by atoms with Gasteiger partial charge in [-0.25, -0.2) is 8.42 Å². The maximum Gasteiger partial charge on any atom is 0.258 e. The van der Waals surface area contributed by atoms with Crippen molar-refractivity contribution in [2.24, 2.45) is 0 Å². The molecule has 0 aromatic heterocycles. The van der Waals surface area contributed by atoms with Gasteiger partial charge in [-0.1, -0.05) is 36.4 Å². The molecule has 0 spiro atoms. The van der Waals surface area contributed by atoms with Crippen LogP contribution in [0.25, 0.3) is 10.8 Å². The summed E-state index contributed by atoms with van der Waals surface area (Å²) in [5, 5.41) is 2.13. The van der Waals surface area contributed by atoms with Crippen molar-refractivity contribution in [3.8, 4) is 0 Å². The smallest absolute Gasteiger partial charge is 0.258 e. The average Bonchev–Trinajstić information content (AvgIpc) is 2.78. The topological polar surface area (TPSA) is 66.9 Å². The maximum absolute atomic E-state index is 13.1. The van der Waals surface area contributed by atoms with Crippen LogP contribution in [0.15, 0.2) is 65.6 Å². The van der Waals surface area contributed by atoms with Gasteiger partial charge in [-0.2, -0.15) is 4.31 Å². The van der Waals surface area contributed by atoms with E-state index >= 15 is 0 Å². The highest BCUT2D eigenvalue weighted by atomic mass is 32.2. The minimum Gasteiger partial charge on any atom is -0.379 e. The Labute approximate surface area is 176 Å².